The molecule has 174 valence electrons. The molecule has 0 bridgehead atoms. The zero-order valence-electron chi connectivity index (χ0n) is 17.4. The van der Waals surface area contributed by atoms with E-state index in [0.717, 1.165) is 12.1 Å². The molecule has 33 heavy (non-hydrogen) atoms. The highest BCUT2D eigenvalue weighted by Gasteiger charge is 2.49. The van der Waals surface area contributed by atoms with E-state index in [0.29, 0.717) is 16.3 Å². The Bertz CT molecular complexity index is 1100. The number of imide groups is 1. The number of urea groups is 1. The van der Waals surface area contributed by atoms with Crippen LogP contribution in [0.15, 0.2) is 48.5 Å². The van der Waals surface area contributed by atoms with Crippen molar-refractivity contribution in [3.8, 4) is 5.75 Å². The van der Waals surface area contributed by atoms with Crippen molar-refractivity contribution in [1.82, 2.24) is 10.2 Å². The summed E-state index contributed by atoms with van der Waals surface area (Å²) in [4.78, 5) is 49.6. The van der Waals surface area contributed by atoms with Crippen LogP contribution in [-0.4, -0.2) is 41.6 Å². The number of carbonyl (C=O) groups is 4. The van der Waals surface area contributed by atoms with Gasteiger partial charge in [0.25, 0.3) is 5.91 Å². The van der Waals surface area contributed by atoms with Gasteiger partial charge >= 0.3 is 12.4 Å². The average Bonchev–Trinajstić information content (AvgIpc) is 2.91. The number of benzene rings is 2. The number of hydrogen-bond donors (Lipinski definition) is 3. The van der Waals surface area contributed by atoms with Gasteiger partial charge in [-0.3, -0.25) is 19.3 Å². The summed E-state index contributed by atoms with van der Waals surface area (Å²) in [5.74, 6) is -2.20. The minimum atomic E-state index is -4.87. The quantitative estimate of drug-likeness (QED) is 0.569. The Kier molecular flexibility index (Phi) is 6.29. The lowest BCUT2D eigenvalue weighted by atomic mass is 9.92. The van der Waals surface area contributed by atoms with Gasteiger partial charge in [-0.1, -0.05) is 18.2 Å². The Morgan fingerprint density at radius 2 is 1.67 bits per heavy atom. The molecule has 12 heteroatoms. The molecule has 1 aliphatic rings. The van der Waals surface area contributed by atoms with Gasteiger partial charge in [-0.2, -0.15) is 0 Å². The van der Waals surface area contributed by atoms with Crippen molar-refractivity contribution in [1.29, 1.82) is 0 Å². The summed E-state index contributed by atoms with van der Waals surface area (Å²) in [7, 11) is 0. The number of hydrogen-bond acceptors (Lipinski definition) is 5. The standard InChI is InChI=1S/C21H19F3N4O5/c1-12(29)25-14-4-3-5-15(10-14)26-17(30)11-28-18(31)20(2,27-19(28)32)13-6-8-16(9-7-13)33-21(22,23)24/h3-10H,11H2,1-2H3,(H,25,29)(H,26,30)(H,27,32). The number of alkyl halides is 3. The van der Waals surface area contributed by atoms with E-state index in [1.54, 1.807) is 18.2 Å². The minimum absolute atomic E-state index is 0.210. The second-order valence-electron chi connectivity index (χ2n) is 7.33. The molecule has 2 aromatic carbocycles. The van der Waals surface area contributed by atoms with Crippen LogP contribution in [0.25, 0.3) is 0 Å². The number of amides is 5. The molecule has 1 fully saturated rings. The fourth-order valence-electron chi connectivity index (χ4n) is 3.25. The molecule has 3 N–H and O–H groups in total. The van der Waals surface area contributed by atoms with Crippen LogP contribution in [0.4, 0.5) is 29.3 Å². The lowest BCUT2D eigenvalue weighted by molar-refractivity contribution is -0.274. The second-order valence-corrected chi connectivity index (χ2v) is 7.33. The third-order valence-corrected chi connectivity index (χ3v) is 4.71. The van der Waals surface area contributed by atoms with Gasteiger partial charge in [0.15, 0.2) is 0 Å². The average molecular weight is 464 g/mol. The Labute approximate surface area is 185 Å². The van der Waals surface area contributed by atoms with Gasteiger partial charge in [0.2, 0.25) is 11.8 Å². The molecular weight excluding hydrogens is 445 g/mol. The van der Waals surface area contributed by atoms with Gasteiger partial charge in [0.1, 0.15) is 17.8 Å². The van der Waals surface area contributed by atoms with E-state index in [9.17, 15) is 32.3 Å². The van der Waals surface area contributed by atoms with Gasteiger partial charge in [0.05, 0.1) is 0 Å². The topological polar surface area (TPSA) is 117 Å². The van der Waals surface area contributed by atoms with Crippen molar-refractivity contribution in [2.24, 2.45) is 0 Å². The van der Waals surface area contributed by atoms with E-state index in [-0.39, 0.29) is 11.5 Å². The van der Waals surface area contributed by atoms with Crippen LogP contribution in [0.2, 0.25) is 0 Å². The van der Waals surface area contributed by atoms with Crippen LogP contribution < -0.4 is 20.7 Å². The molecule has 1 aliphatic heterocycles. The van der Waals surface area contributed by atoms with E-state index < -0.39 is 42.0 Å². The first kappa shape index (κ1) is 23.6. The van der Waals surface area contributed by atoms with Gasteiger partial charge in [0, 0.05) is 18.3 Å². The lowest BCUT2D eigenvalue weighted by Crippen LogP contribution is -2.42. The van der Waals surface area contributed by atoms with E-state index in [1.165, 1.54) is 32.0 Å². The van der Waals surface area contributed by atoms with Crippen LogP contribution in [0.1, 0.15) is 19.4 Å². The predicted molar refractivity (Wildman–Crippen MR) is 110 cm³/mol. The summed E-state index contributed by atoms with van der Waals surface area (Å²) in [5.41, 5.74) is -0.595. The first-order valence-electron chi connectivity index (χ1n) is 9.55. The van der Waals surface area contributed by atoms with Crippen LogP contribution >= 0.6 is 0 Å². The van der Waals surface area contributed by atoms with Crippen molar-refractivity contribution in [2.45, 2.75) is 25.7 Å². The van der Waals surface area contributed by atoms with Gasteiger partial charge in [-0.15, -0.1) is 13.2 Å². The highest BCUT2D eigenvalue weighted by atomic mass is 19.4. The molecule has 1 saturated heterocycles. The smallest absolute Gasteiger partial charge is 0.406 e. The molecule has 1 unspecified atom stereocenters. The number of nitrogens with zero attached hydrogens (tertiary/aromatic N) is 1. The van der Waals surface area contributed by atoms with E-state index >= 15 is 0 Å². The fraction of sp³-hybridized carbons (Fsp3) is 0.238. The second kappa shape index (κ2) is 8.81. The Hall–Kier alpha value is -4.09. The molecule has 1 atom stereocenters. The van der Waals surface area contributed by atoms with Crippen molar-refractivity contribution >= 4 is 35.1 Å². The number of anilines is 2. The Morgan fingerprint density at radius 1 is 1.06 bits per heavy atom. The summed E-state index contributed by atoms with van der Waals surface area (Å²) >= 11 is 0. The molecule has 0 radical (unpaired) electrons. The summed E-state index contributed by atoms with van der Waals surface area (Å²) in [5, 5.41) is 7.55. The van der Waals surface area contributed by atoms with E-state index in [1.807, 2.05) is 0 Å². The molecule has 2 aromatic rings. The molecular formula is C21H19F3N4O5. The number of rotatable bonds is 6. The highest BCUT2D eigenvalue weighted by Crippen LogP contribution is 2.31. The van der Waals surface area contributed by atoms with Crippen molar-refractivity contribution in [2.75, 3.05) is 17.2 Å². The fourth-order valence-corrected chi connectivity index (χ4v) is 3.25. The number of halogens is 3. The number of carbonyl (C=O) groups excluding carboxylic acids is 4. The third kappa shape index (κ3) is 5.59. The van der Waals surface area contributed by atoms with Crippen LogP contribution in [-0.2, 0) is 19.9 Å². The maximum Gasteiger partial charge on any atom is 0.573 e. The molecule has 0 spiro atoms. The van der Waals surface area contributed by atoms with E-state index in [2.05, 4.69) is 20.7 Å². The molecule has 0 aromatic heterocycles. The zero-order chi connectivity index (χ0) is 24.4. The summed E-state index contributed by atoms with van der Waals surface area (Å²) in [6.45, 7) is 2.11. The van der Waals surface area contributed by atoms with Gasteiger partial charge in [-0.05, 0) is 42.8 Å². The van der Waals surface area contributed by atoms with Crippen molar-refractivity contribution in [3.05, 3.63) is 54.1 Å². The molecule has 1 heterocycles. The van der Waals surface area contributed by atoms with Gasteiger partial charge in [-0.25, -0.2) is 4.79 Å². The van der Waals surface area contributed by atoms with Gasteiger partial charge < -0.3 is 20.7 Å². The maximum absolute atomic E-state index is 12.9. The molecule has 5 amide bonds. The monoisotopic (exact) mass is 464 g/mol. The van der Waals surface area contributed by atoms with Crippen LogP contribution in [0.5, 0.6) is 5.75 Å². The van der Waals surface area contributed by atoms with Crippen molar-refractivity contribution < 1.29 is 37.1 Å². The SMILES string of the molecule is CC(=O)Nc1cccc(NC(=O)CN2C(=O)NC(C)(c3ccc(OC(F)(F)F)cc3)C2=O)c1. The minimum Gasteiger partial charge on any atom is -0.406 e. The lowest BCUT2D eigenvalue weighted by Gasteiger charge is -2.22. The Morgan fingerprint density at radius 3 is 2.24 bits per heavy atom. The molecule has 0 aliphatic carbocycles. The number of ether oxygens (including phenoxy) is 1. The van der Waals surface area contributed by atoms with Crippen LogP contribution in [0, 0.1) is 0 Å². The van der Waals surface area contributed by atoms with Crippen LogP contribution in [0.3, 0.4) is 0 Å². The predicted octanol–water partition coefficient (Wildman–Crippen LogP) is 2.95. The first-order valence-corrected chi connectivity index (χ1v) is 9.55. The molecule has 3 rings (SSSR count). The first-order chi connectivity index (χ1) is 15.4. The summed E-state index contributed by atoms with van der Waals surface area (Å²) < 4.78 is 40.8. The zero-order valence-corrected chi connectivity index (χ0v) is 17.4. The van der Waals surface area contributed by atoms with Crippen molar-refractivity contribution in [3.63, 3.8) is 0 Å². The summed E-state index contributed by atoms with van der Waals surface area (Å²) in [6.07, 6.45) is -4.87. The third-order valence-electron chi connectivity index (χ3n) is 4.71. The Balaban J connectivity index is 1.69. The normalized spacial score (nSPS) is 18.0. The highest BCUT2D eigenvalue weighted by molar-refractivity contribution is 6.10. The van der Waals surface area contributed by atoms with E-state index in [4.69, 9.17) is 0 Å². The largest absolute Gasteiger partial charge is 0.573 e. The molecule has 9 nitrogen and oxygen atoms in total. The molecule has 0 saturated carbocycles. The number of nitrogens with one attached hydrogen (secondary N) is 3. The summed E-state index contributed by atoms with van der Waals surface area (Å²) in [6, 6.07) is 9.91. The maximum atomic E-state index is 12.9.